The van der Waals surface area contributed by atoms with Gasteiger partial charge in [-0.1, -0.05) is 30.3 Å². The first-order valence-corrected chi connectivity index (χ1v) is 7.80. The van der Waals surface area contributed by atoms with Gasteiger partial charge in [-0.3, -0.25) is 15.1 Å². The van der Waals surface area contributed by atoms with E-state index in [-0.39, 0.29) is 16.1 Å². The summed E-state index contributed by atoms with van der Waals surface area (Å²) in [5.74, 6) is 0. The van der Waals surface area contributed by atoms with Crippen LogP contribution in [0.15, 0.2) is 59.6 Å². The van der Waals surface area contributed by atoms with Crippen LogP contribution in [0.3, 0.4) is 0 Å². The molecule has 0 aromatic heterocycles. The number of nitrogens with one attached hydrogen (secondary N) is 1. The predicted molar refractivity (Wildman–Crippen MR) is 98.0 cm³/mol. The van der Waals surface area contributed by atoms with Crippen molar-refractivity contribution in [3.05, 3.63) is 70.3 Å². The van der Waals surface area contributed by atoms with E-state index in [1.807, 2.05) is 42.5 Å². The summed E-state index contributed by atoms with van der Waals surface area (Å²) in [5, 5.41) is 14.4. The first-order valence-electron chi connectivity index (χ1n) is 7.80. The average Bonchev–Trinajstić information content (AvgIpc) is 2.67. The van der Waals surface area contributed by atoms with E-state index in [4.69, 9.17) is 4.99 Å². The highest BCUT2D eigenvalue weighted by Crippen LogP contribution is 2.32. The van der Waals surface area contributed by atoms with Gasteiger partial charge in [0.15, 0.2) is 0 Å². The van der Waals surface area contributed by atoms with Crippen molar-refractivity contribution >= 4 is 28.8 Å². The minimum absolute atomic E-state index is 0.0901. The minimum atomic E-state index is -0.385. The maximum Gasteiger partial charge on any atom is 0.270 e. The van der Waals surface area contributed by atoms with E-state index in [9.17, 15) is 10.1 Å². The summed E-state index contributed by atoms with van der Waals surface area (Å²) in [6, 6.07) is 14.5. The van der Waals surface area contributed by atoms with E-state index in [2.05, 4.69) is 19.2 Å². The summed E-state index contributed by atoms with van der Waals surface area (Å²) in [4.78, 5) is 15.2. The lowest BCUT2D eigenvalue weighted by molar-refractivity contribution is -0.384. The van der Waals surface area contributed by atoms with E-state index in [1.54, 1.807) is 12.1 Å². The van der Waals surface area contributed by atoms with Crippen molar-refractivity contribution in [2.75, 3.05) is 5.32 Å². The van der Waals surface area contributed by atoms with Gasteiger partial charge in [-0.25, -0.2) is 0 Å². The van der Waals surface area contributed by atoms with Crippen LogP contribution < -0.4 is 5.32 Å². The van der Waals surface area contributed by atoms with Crippen molar-refractivity contribution in [2.45, 2.75) is 25.8 Å². The number of nitro groups is 1. The molecular formula is C19H19N3O2. The molecule has 24 heavy (non-hydrogen) atoms. The fraction of sp³-hybridized carbons (Fsp3) is 0.211. The Bertz CT molecular complexity index is 838. The van der Waals surface area contributed by atoms with Crippen molar-refractivity contribution in [3.8, 4) is 0 Å². The smallest absolute Gasteiger partial charge is 0.270 e. The Morgan fingerprint density at radius 1 is 1.17 bits per heavy atom. The molecule has 0 saturated carbocycles. The Kier molecular flexibility index (Phi) is 4.16. The van der Waals surface area contributed by atoms with Crippen LogP contribution in [0.25, 0.3) is 6.08 Å². The molecule has 1 aliphatic heterocycles. The number of aliphatic imine (C=N–C) groups is 1. The zero-order valence-electron chi connectivity index (χ0n) is 13.7. The lowest BCUT2D eigenvalue weighted by Crippen LogP contribution is -2.32. The van der Waals surface area contributed by atoms with Gasteiger partial charge in [-0.15, -0.1) is 0 Å². The van der Waals surface area contributed by atoms with Crippen molar-refractivity contribution in [1.82, 2.24) is 0 Å². The number of allylic oxidation sites excluding steroid dienone is 1. The molecule has 0 unspecified atom stereocenters. The molecule has 2 aromatic rings. The second kappa shape index (κ2) is 6.28. The zero-order valence-corrected chi connectivity index (χ0v) is 13.7. The highest BCUT2D eigenvalue weighted by atomic mass is 16.6. The van der Waals surface area contributed by atoms with Gasteiger partial charge < -0.3 is 5.32 Å². The van der Waals surface area contributed by atoms with Crippen LogP contribution in [0.5, 0.6) is 0 Å². The number of nitrogens with zero attached hydrogens (tertiary/aromatic N) is 2. The molecule has 2 aromatic carbocycles. The molecule has 0 saturated heterocycles. The molecule has 0 aliphatic carbocycles. The van der Waals surface area contributed by atoms with E-state index < -0.39 is 0 Å². The van der Waals surface area contributed by atoms with Crippen LogP contribution in [0.1, 0.15) is 25.8 Å². The normalized spacial score (nSPS) is 16.0. The minimum Gasteiger partial charge on any atom is -0.378 e. The molecule has 0 amide bonds. The van der Waals surface area contributed by atoms with Crippen molar-refractivity contribution < 1.29 is 4.92 Å². The fourth-order valence-corrected chi connectivity index (χ4v) is 2.76. The lowest BCUT2D eigenvalue weighted by Gasteiger charge is -2.25. The van der Waals surface area contributed by atoms with Gasteiger partial charge >= 0.3 is 0 Å². The number of rotatable bonds is 3. The van der Waals surface area contributed by atoms with Crippen LogP contribution in [-0.2, 0) is 0 Å². The van der Waals surface area contributed by atoms with E-state index in [0.717, 1.165) is 29.1 Å². The van der Waals surface area contributed by atoms with Gasteiger partial charge in [0.2, 0.25) is 0 Å². The van der Waals surface area contributed by atoms with Crippen molar-refractivity contribution in [3.63, 3.8) is 0 Å². The molecule has 0 radical (unpaired) electrons. The fourth-order valence-electron chi connectivity index (χ4n) is 2.76. The van der Waals surface area contributed by atoms with Gasteiger partial charge in [0, 0.05) is 29.8 Å². The molecule has 122 valence electrons. The molecule has 1 N–H and O–H groups in total. The average molecular weight is 321 g/mol. The van der Waals surface area contributed by atoms with Gasteiger partial charge in [-0.05, 0) is 37.6 Å². The maximum absolute atomic E-state index is 10.9. The third kappa shape index (κ3) is 3.68. The van der Waals surface area contributed by atoms with Crippen LogP contribution in [0, 0.1) is 10.1 Å². The third-order valence-corrected chi connectivity index (χ3v) is 3.81. The van der Waals surface area contributed by atoms with Crippen molar-refractivity contribution in [2.24, 2.45) is 4.99 Å². The highest BCUT2D eigenvalue weighted by Gasteiger charge is 2.23. The molecule has 0 bridgehead atoms. The first-order chi connectivity index (χ1) is 11.4. The number of anilines is 1. The van der Waals surface area contributed by atoms with Crippen LogP contribution in [0.2, 0.25) is 0 Å². The SMILES string of the molecule is CC1(C)CC(/C=C/c2cccc([N+](=O)[O-])c2)=Nc2ccccc2N1. The maximum atomic E-state index is 10.9. The lowest BCUT2D eigenvalue weighted by atomic mass is 9.96. The largest absolute Gasteiger partial charge is 0.378 e. The summed E-state index contributed by atoms with van der Waals surface area (Å²) in [6.45, 7) is 4.26. The Balaban J connectivity index is 1.92. The number of fused-ring (bicyclic) bond motifs is 1. The summed E-state index contributed by atoms with van der Waals surface area (Å²) in [7, 11) is 0. The standard InChI is InChI=1S/C19H19N3O2/c1-19(2)13-15(20-17-8-3-4-9-18(17)21-19)11-10-14-6-5-7-16(12-14)22(23)24/h3-12,21H,13H2,1-2H3/b11-10+. The second-order valence-electron chi connectivity index (χ2n) is 6.49. The first kappa shape index (κ1) is 15.9. The van der Waals surface area contributed by atoms with Crippen molar-refractivity contribution in [1.29, 1.82) is 0 Å². The molecule has 0 atom stereocenters. The highest BCUT2D eigenvalue weighted by molar-refractivity contribution is 6.02. The molecule has 5 heteroatoms. The third-order valence-electron chi connectivity index (χ3n) is 3.81. The molecule has 0 fully saturated rings. The van der Waals surface area contributed by atoms with Crippen LogP contribution in [0.4, 0.5) is 17.1 Å². The summed E-state index contributed by atoms with van der Waals surface area (Å²) >= 11 is 0. The zero-order chi connectivity index (χ0) is 17.2. The molecular weight excluding hydrogens is 302 g/mol. The van der Waals surface area contributed by atoms with Crippen LogP contribution >= 0.6 is 0 Å². The number of nitro benzene ring substituents is 1. The number of hydrogen-bond donors (Lipinski definition) is 1. The molecule has 1 aliphatic rings. The topological polar surface area (TPSA) is 67.5 Å². The Labute approximate surface area is 140 Å². The van der Waals surface area contributed by atoms with E-state index in [0.29, 0.717) is 0 Å². The number of hydrogen-bond acceptors (Lipinski definition) is 4. The van der Waals surface area contributed by atoms with Gasteiger partial charge in [0.25, 0.3) is 5.69 Å². The Morgan fingerprint density at radius 3 is 2.75 bits per heavy atom. The molecule has 1 heterocycles. The second-order valence-corrected chi connectivity index (χ2v) is 6.49. The summed E-state index contributed by atoms with van der Waals surface area (Å²) < 4.78 is 0. The van der Waals surface area contributed by atoms with E-state index in [1.165, 1.54) is 6.07 Å². The number of benzene rings is 2. The monoisotopic (exact) mass is 321 g/mol. The Hall–Kier alpha value is -2.95. The summed E-state index contributed by atoms with van der Waals surface area (Å²) in [6.07, 6.45) is 4.56. The Morgan fingerprint density at radius 2 is 1.96 bits per heavy atom. The summed E-state index contributed by atoms with van der Waals surface area (Å²) in [5.41, 5.74) is 3.60. The number of para-hydroxylation sites is 2. The van der Waals surface area contributed by atoms with Crippen LogP contribution in [-0.4, -0.2) is 16.2 Å². The quantitative estimate of drug-likeness (QED) is 0.640. The van der Waals surface area contributed by atoms with Gasteiger partial charge in [0.1, 0.15) is 0 Å². The van der Waals surface area contributed by atoms with Gasteiger partial charge in [-0.2, -0.15) is 0 Å². The number of non-ortho nitro benzene ring substituents is 1. The molecule has 5 nitrogen and oxygen atoms in total. The van der Waals surface area contributed by atoms with Gasteiger partial charge in [0.05, 0.1) is 16.3 Å². The molecule has 3 rings (SSSR count). The molecule has 0 spiro atoms. The van der Waals surface area contributed by atoms with E-state index >= 15 is 0 Å². The predicted octanol–water partition coefficient (Wildman–Crippen LogP) is 4.97.